The van der Waals surface area contributed by atoms with E-state index in [1.54, 1.807) is 0 Å². The van der Waals surface area contributed by atoms with Crippen LogP contribution in [0.1, 0.15) is 25.3 Å². The van der Waals surface area contributed by atoms with Gasteiger partial charge in [0.15, 0.2) is 6.61 Å². The first-order valence-electron chi connectivity index (χ1n) is 12.5. The molecule has 1 N–H and O–H groups in total. The number of carbonyl (C=O) groups is 2. The molecule has 0 bridgehead atoms. The molecule has 0 spiro atoms. The molecule has 3 heterocycles. The Bertz CT molecular complexity index is 1330. The van der Waals surface area contributed by atoms with Gasteiger partial charge < -0.3 is 19.9 Å². The minimum absolute atomic E-state index is 0.0169. The number of nitrogens with zero attached hydrogens (tertiary/aromatic N) is 3. The Hall–Kier alpha value is -2.82. The van der Waals surface area contributed by atoms with E-state index in [2.05, 4.69) is 48.3 Å². The lowest BCUT2D eigenvalue weighted by atomic mass is 9.95. The molecule has 37 heavy (non-hydrogen) atoms. The first-order chi connectivity index (χ1) is 17.6. The van der Waals surface area contributed by atoms with E-state index in [0.29, 0.717) is 31.6 Å². The van der Waals surface area contributed by atoms with Crippen LogP contribution < -0.4 is 15.0 Å². The van der Waals surface area contributed by atoms with Crippen molar-refractivity contribution >= 4 is 44.8 Å². The lowest BCUT2D eigenvalue weighted by molar-refractivity contribution is -0.137. The van der Waals surface area contributed by atoms with Crippen molar-refractivity contribution in [2.45, 2.75) is 37.6 Å². The third kappa shape index (κ3) is 5.15. The molecule has 2 fully saturated rings. The second-order valence-corrected chi connectivity index (χ2v) is 12.3. The molecule has 9 nitrogen and oxygen atoms in total. The Balaban J connectivity index is 1.21. The molecule has 2 aromatic rings. The van der Waals surface area contributed by atoms with Crippen molar-refractivity contribution in [1.29, 1.82) is 0 Å². The number of piperazine rings is 1. The first-order valence-corrected chi connectivity index (χ1v) is 14.3. The van der Waals surface area contributed by atoms with Gasteiger partial charge in [0.05, 0.1) is 10.7 Å². The summed E-state index contributed by atoms with van der Waals surface area (Å²) in [6.07, 6.45) is 0.916. The van der Waals surface area contributed by atoms with Crippen molar-refractivity contribution in [2.75, 3.05) is 49.5 Å². The number of hydrogen-bond donors (Lipinski definition) is 1. The van der Waals surface area contributed by atoms with Crippen LogP contribution in [0.3, 0.4) is 0 Å². The topological polar surface area (TPSA) is 99.3 Å². The van der Waals surface area contributed by atoms with Gasteiger partial charge in [-0.25, -0.2) is 8.42 Å². The fourth-order valence-corrected chi connectivity index (χ4v) is 7.35. The second kappa shape index (κ2) is 10.2. The van der Waals surface area contributed by atoms with Gasteiger partial charge in [-0.2, -0.15) is 4.31 Å². The summed E-state index contributed by atoms with van der Waals surface area (Å²) in [6, 6.07) is 11.4. The van der Waals surface area contributed by atoms with Crippen molar-refractivity contribution < 1.29 is 22.7 Å². The Morgan fingerprint density at radius 3 is 2.57 bits per heavy atom. The number of nitrogens with one attached hydrogen (secondary N) is 1. The van der Waals surface area contributed by atoms with Gasteiger partial charge in [-0.05, 0) is 50.5 Å². The van der Waals surface area contributed by atoms with E-state index in [1.807, 2.05) is 4.90 Å². The van der Waals surface area contributed by atoms with Crippen LogP contribution in [0.5, 0.6) is 5.75 Å². The SMILES string of the molecule is Cc1cccc(N2CCN(C(=O)C3CCN(S(=O)(=O)c4cc5c(cc4Cl)NC(=O)CO5)CC3)C[C@@H]2C)c1. The Morgan fingerprint density at radius 2 is 1.86 bits per heavy atom. The zero-order chi connectivity index (χ0) is 26.3. The zero-order valence-corrected chi connectivity index (χ0v) is 22.5. The number of rotatable bonds is 4. The molecule has 2 saturated heterocycles. The molecule has 0 aliphatic carbocycles. The van der Waals surface area contributed by atoms with Gasteiger partial charge in [0.25, 0.3) is 5.91 Å². The summed E-state index contributed by atoms with van der Waals surface area (Å²) in [5.41, 5.74) is 2.73. The fourth-order valence-electron chi connectivity index (χ4n) is 5.37. The molecule has 0 radical (unpaired) electrons. The van der Waals surface area contributed by atoms with Gasteiger partial charge in [-0.3, -0.25) is 9.59 Å². The Morgan fingerprint density at radius 1 is 1.11 bits per heavy atom. The fraction of sp³-hybridized carbons (Fsp3) is 0.462. The summed E-state index contributed by atoms with van der Waals surface area (Å²) in [4.78, 5) is 29.1. The number of halogens is 1. The van der Waals surface area contributed by atoms with E-state index < -0.39 is 10.0 Å². The average molecular weight is 547 g/mol. The molecular weight excluding hydrogens is 516 g/mol. The summed E-state index contributed by atoms with van der Waals surface area (Å²) < 4.78 is 33.5. The predicted octanol–water partition coefficient (Wildman–Crippen LogP) is 3.12. The second-order valence-electron chi connectivity index (χ2n) is 9.96. The van der Waals surface area contributed by atoms with Gasteiger partial charge in [0.1, 0.15) is 10.6 Å². The van der Waals surface area contributed by atoms with Crippen LogP contribution in [0, 0.1) is 12.8 Å². The van der Waals surface area contributed by atoms with E-state index in [0.717, 1.165) is 6.54 Å². The highest BCUT2D eigenvalue weighted by atomic mass is 35.5. The molecule has 0 aromatic heterocycles. The molecular formula is C26H31ClN4O5S. The van der Waals surface area contributed by atoms with Crippen molar-refractivity contribution in [3.05, 3.63) is 47.0 Å². The van der Waals surface area contributed by atoms with Crippen LogP contribution in [0.25, 0.3) is 0 Å². The van der Waals surface area contributed by atoms with E-state index in [9.17, 15) is 18.0 Å². The van der Waals surface area contributed by atoms with Crippen LogP contribution in [0.15, 0.2) is 41.3 Å². The lowest BCUT2D eigenvalue weighted by Crippen LogP contribution is -2.55. The maximum atomic E-state index is 13.4. The van der Waals surface area contributed by atoms with E-state index in [4.69, 9.17) is 16.3 Å². The molecule has 0 unspecified atom stereocenters. The number of fused-ring (bicyclic) bond motifs is 1. The maximum Gasteiger partial charge on any atom is 0.262 e. The maximum absolute atomic E-state index is 13.4. The van der Waals surface area contributed by atoms with Crippen molar-refractivity contribution in [1.82, 2.24) is 9.21 Å². The number of benzene rings is 2. The summed E-state index contributed by atoms with van der Waals surface area (Å²) >= 11 is 6.29. The van der Waals surface area contributed by atoms with Gasteiger partial charge in [0.2, 0.25) is 15.9 Å². The number of carbonyl (C=O) groups excluding carboxylic acids is 2. The molecule has 1 atom stereocenters. The number of hydrogen-bond acceptors (Lipinski definition) is 6. The van der Waals surface area contributed by atoms with E-state index >= 15 is 0 Å². The highest BCUT2D eigenvalue weighted by Crippen LogP contribution is 2.37. The van der Waals surface area contributed by atoms with Crippen LogP contribution in [0.4, 0.5) is 11.4 Å². The summed E-state index contributed by atoms with van der Waals surface area (Å²) in [5.74, 6) is -0.158. The molecule has 2 aromatic carbocycles. The van der Waals surface area contributed by atoms with Crippen LogP contribution in [-0.2, 0) is 19.6 Å². The quantitative estimate of drug-likeness (QED) is 0.632. The number of anilines is 2. The normalized spacial score (nSPS) is 21.3. The number of amides is 2. The largest absolute Gasteiger partial charge is 0.482 e. The van der Waals surface area contributed by atoms with Crippen LogP contribution >= 0.6 is 11.6 Å². The molecule has 11 heteroatoms. The number of piperidine rings is 1. The van der Waals surface area contributed by atoms with Crippen molar-refractivity contribution in [3.63, 3.8) is 0 Å². The van der Waals surface area contributed by atoms with Crippen LogP contribution in [-0.4, -0.2) is 74.8 Å². The highest BCUT2D eigenvalue weighted by molar-refractivity contribution is 7.89. The first kappa shape index (κ1) is 25.8. The van der Waals surface area contributed by atoms with Gasteiger partial charge in [-0.1, -0.05) is 23.7 Å². The number of aryl methyl sites for hydroxylation is 1. The smallest absolute Gasteiger partial charge is 0.262 e. The summed E-state index contributed by atoms with van der Waals surface area (Å²) in [5, 5.41) is 2.64. The molecule has 0 saturated carbocycles. The highest BCUT2D eigenvalue weighted by Gasteiger charge is 2.37. The summed E-state index contributed by atoms with van der Waals surface area (Å²) in [7, 11) is -3.89. The zero-order valence-electron chi connectivity index (χ0n) is 20.9. The monoisotopic (exact) mass is 546 g/mol. The molecule has 3 aliphatic rings. The number of ether oxygens (including phenoxy) is 1. The van der Waals surface area contributed by atoms with Gasteiger partial charge in [0, 0.05) is 56.4 Å². The average Bonchev–Trinajstić information content (AvgIpc) is 2.87. The molecule has 2 amide bonds. The predicted molar refractivity (Wildman–Crippen MR) is 142 cm³/mol. The van der Waals surface area contributed by atoms with Gasteiger partial charge in [-0.15, -0.1) is 0 Å². The molecule has 198 valence electrons. The van der Waals surface area contributed by atoms with Crippen molar-refractivity contribution in [3.8, 4) is 5.75 Å². The minimum Gasteiger partial charge on any atom is -0.482 e. The number of sulfonamides is 1. The standard InChI is InChI=1S/C26H31ClN4O5S/c1-17-4-3-5-20(12-17)31-11-10-29(15-18(31)2)26(33)19-6-8-30(9-7-19)37(34,35)24-14-23-22(13-21(24)27)28-25(32)16-36-23/h3-5,12-14,18-19H,6-11,15-16H2,1-2H3,(H,28,32)/t18-/m0/s1. The summed E-state index contributed by atoms with van der Waals surface area (Å²) in [6.45, 7) is 6.57. The third-order valence-corrected chi connectivity index (χ3v) is 9.72. The molecule has 5 rings (SSSR count). The van der Waals surface area contributed by atoms with Crippen LogP contribution in [0.2, 0.25) is 5.02 Å². The molecule has 3 aliphatic heterocycles. The lowest BCUT2D eigenvalue weighted by Gasteiger charge is -2.43. The third-order valence-electron chi connectivity index (χ3n) is 7.36. The van der Waals surface area contributed by atoms with Crippen molar-refractivity contribution in [2.24, 2.45) is 5.92 Å². The Labute approximate surface area is 222 Å². The minimum atomic E-state index is -3.89. The van der Waals surface area contributed by atoms with E-state index in [-0.39, 0.29) is 59.1 Å². The van der Waals surface area contributed by atoms with E-state index in [1.165, 1.54) is 27.7 Å². The van der Waals surface area contributed by atoms with Gasteiger partial charge >= 0.3 is 0 Å². The Kier molecular flexibility index (Phi) is 7.08.